The molecule has 1 fully saturated rings. The van der Waals surface area contributed by atoms with Crippen LogP contribution in [0, 0.1) is 0 Å². The molecule has 0 spiro atoms. The van der Waals surface area contributed by atoms with Gasteiger partial charge in [-0.15, -0.1) is 0 Å². The molecule has 1 N–H and O–H groups in total. The number of hydrogen-bond acceptors (Lipinski definition) is 11. The van der Waals surface area contributed by atoms with Gasteiger partial charge in [0.15, 0.2) is 24.5 Å². The van der Waals surface area contributed by atoms with Crippen LogP contribution in [0.4, 0.5) is 5.69 Å². The summed E-state index contributed by atoms with van der Waals surface area (Å²) in [5.74, 6) is -2.19. The SMILES string of the molecule is COc1ccccc1N[C@H]1O[C@H](COC(C)=O)[C@H](OC(C)=O)[C@H](OC(C)=O)[C@H]1OC(C)=O. The van der Waals surface area contributed by atoms with Gasteiger partial charge in [-0.25, -0.2) is 0 Å². The predicted molar refractivity (Wildman–Crippen MR) is 109 cm³/mol. The van der Waals surface area contributed by atoms with Crippen LogP contribution < -0.4 is 10.1 Å². The smallest absolute Gasteiger partial charge is 0.303 e. The number of rotatable bonds is 8. The number of carbonyl (C=O) groups is 4. The van der Waals surface area contributed by atoms with Crippen molar-refractivity contribution >= 4 is 29.6 Å². The Morgan fingerprint density at radius 1 is 0.844 bits per heavy atom. The normalized spacial score (nSPS) is 24.6. The minimum atomic E-state index is -1.25. The lowest BCUT2D eigenvalue weighted by atomic mass is 9.97. The third-order valence-electron chi connectivity index (χ3n) is 4.40. The quantitative estimate of drug-likeness (QED) is 0.449. The summed E-state index contributed by atoms with van der Waals surface area (Å²) in [5.41, 5.74) is 0.496. The van der Waals surface area contributed by atoms with Gasteiger partial charge in [0.1, 0.15) is 18.5 Å². The van der Waals surface area contributed by atoms with Crippen molar-refractivity contribution in [3.05, 3.63) is 24.3 Å². The van der Waals surface area contributed by atoms with E-state index in [2.05, 4.69) is 5.32 Å². The minimum absolute atomic E-state index is 0.304. The van der Waals surface area contributed by atoms with E-state index < -0.39 is 54.5 Å². The van der Waals surface area contributed by atoms with Crippen LogP contribution in [0.25, 0.3) is 0 Å². The Balaban J connectivity index is 2.48. The second-order valence-corrected chi connectivity index (χ2v) is 6.96. The topological polar surface area (TPSA) is 136 Å². The first-order chi connectivity index (χ1) is 15.1. The molecule has 1 saturated heterocycles. The molecule has 1 heterocycles. The average molecular weight is 453 g/mol. The molecular weight excluding hydrogens is 426 g/mol. The summed E-state index contributed by atoms with van der Waals surface area (Å²) in [4.78, 5) is 46.8. The van der Waals surface area contributed by atoms with Gasteiger partial charge in [-0.1, -0.05) is 12.1 Å². The van der Waals surface area contributed by atoms with Crippen molar-refractivity contribution in [3.63, 3.8) is 0 Å². The van der Waals surface area contributed by atoms with Gasteiger partial charge in [0.05, 0.1) is 12.8 Å². The number of nitrogens with one attached hydrogen (secondary N) is 1. The van der Waals surface area contributed by atoms with E-state index in [0.29, 0.717) is 11.4 Å². The van der Waals surface area contributed by atoms with Gasteiger partial charge in [0.25, 0.3) is 0 Å². The molecule has 11 nitrogen and oxygen atoms in total. The summed E-state index contributed by atoms with van der Waals surface area (Å²) >= 11 is 0. The molecule has 32 heavy (non-hydrogen) atoms. The molecule has 176 valence electrons. The highest BCUT2D eigenvalue weighted by atomic mass is 16.7. The number of hydrogen-bond donors (Lipinski definition) is 1. The van der Waals surface area contributed by atoms with Gasteiger partial charge < -0.3 is 33.7 Å². The molecule has 0 aliphatic carbocycles. The summed E-state index contributed by atoms with van der Waals surface area (Å²) in [6.45, 7) is 4.40. The Hall–Kier alpha value is -3.34. The van der Waals surface area contributed by atoms with Crippen molar-refractivity contribution in [2.24, 2.45) is 0 Å². The highest BCUT2D eigenvalue weighted by Gasteiger charge is 2.52. The van der Waals surface area contributed by atoms with Crippen LogP contribution in [-0.4, -0.2) is 68.2 Å². The van der Waals surface area contributed by atoms with Gasteiger partial charge >= 0.3 is 23.9 Å². The van der Waals surface area contributed by atoms with Crippen molar-refractivity contribution in [2.45, 2.75) is 58.3 Å². The van der Waals surface area contributed by atoms with E-state index in [0.717, 1.165) is 13.8 Å². The molecule has 0 amide bonds. The van der Waals surface area contributed by atoms with Gasteiger partial charge in [-0.05, 0) is 12.1 Å². The Bertz CT molecular complexity index is 842. The molecule has 0 saturated carbocycles. The maximum Gasteiger partial charge on any atom is 0.303 e. The summed E-state index contributed by atoms with van der Waals surface area (Å²) < 4.78 is 32.5. The zero-order valence-electron chi connectivity index (χ0n) is 18.5. The van der Waals surface area contributed by atoms with Crippen molar-refractivity contribution in [2.75, 3.05) is 19.0 Å². The number of para-hydroxylation sites is 2. The molecule has 11 heteroatoms. The molecule has 1 aromatic rings. The second kappa shape index (κ2) is 11.3. The zero-order chi connectivity index (χ0) is 23.8. The number of anilines is 1. The second-order valence-electron chi connectivity index (χ2n) is 6.96. The number of ether oxygens (including phenoxy) is 6. The fraction of sp³-hybridized carbons (Fsp3) is 0.524. The predicted octanol–water partition coefficient (Wildman–Crippen LogP) is 1.19. The van der Waals surface area contributed by atoms with E-state index in [-0.39, 0.29) is 6.61 Å². The van der Waals surface area contributed by atoms with Crippen LogP contribution in [-0.2, 0) is 42.9 Å². The number of esters is 4. The van der Waals surface area contributed by atoms with Crippen LogP contribution in [0.15, 0.2) is 24.3 Å². The van der Waals surface area contributed by atoms with E-state index in [4.69, 9.17) is 28.4 Å². The third kappa shape index (κ3) is 6.84. The molecule has 5 atom stereocenters. The van der Waals surface area contributed by atoms with Crippen molar-refractivity contribution < 1.29 is 47.6 Å². The van der Waals surface area contributed by atoms with Gasteiger partial charge in [0.2, 0.25) is 0 Å². The van der Waals surface area contributed by atoms with E-state index in [1.807, 2.05) is 0 Å². The zero-order valence-corrected chi connectivity index (χ0v) is 18.5. The Kier molecular flexibility index (Phi) is 8.82. The fourth-order valence-corrected chi connectivity index (χ4v) is 3.26. The van der Waals surface area contributed by atoms with Crippen LogP contribution in [0.3, 0.4) is 0 Å². The molecule has 2 rings (SSSR count). The lowest BCUT2D eigenvalue weighted by Gasteiger charge is -2.44. The first-order valence-electron chi connectivity index (χ1n) is 9.82. The van der Waals surface area contributed by atoms with E-state index in [9.17, 15) is 19.2 Å². The molecular formula is C21H27NO10. The Morgan fingerprint density at radius 2 is 1.41 bits per heavy atom. The van der Waals surface area contributed by atoms with E-state index in [1.54, 1.807) is 24.3 Å². The summed E-state index contributed by atoms with van der Waals surface area (Å²) in [6, 6.07) is 6.91. The maximum absolute atomic E-state index is 11.8. The molecule has 1 aliphatic rings. The number of benzene rings is 1. The largest absolute Gasteiger partial charge is 0.495 e. The highest BCUT2D eigenvalue weighted by molar-refractivity contribution is 5.69. The van der Waals surface area contributed by atoms with Crippen LogP contribution in [0.5, 0.6) is 5.75 Å². The molecule has 0 radical (unpaired) electrons. The van der Waals surface area contributed by atoms with Gasteiger partial charge in [-0.3, -0.25) is 19.2 Å². The third-order valence-corrected chi connectivity index (χ3v) is 4.40. The summed E-state index contributed by atoms with van der Waals surface area (Å²) in [7, 11) is 1.48. The van der Waals surface area contributed by atoms with Crippen LogP contribution in [0.2, 0.25) is 0 Å². The summed E-state index contributed by atoms with van der Waals surface area (Å²) in [5, 5.41) is 3.05. The molecule has 0 bridgehead atoms. The Morgan fingerprint density at radius 3 is 1.97 bits per heavy atom. The summed E-state index contributed by atoms with van der Waals surface area (Å²) in [6.07, 6.45) is -5.78. The van der Waals surface area contributed by atoms with Crippen LogP contribution in [0.1, 0.15) is 27.7 Å². The van der Waals surface area contributed by atoms with Crippen molar-refractivity contribution in [3.8, 4) is 5.75 Å². The first kappa shape index (κ1) is 24.9. The maximum atomic E-state index is 11.8. The molecule has 0 unspecified atom stereocenters. The average Bonchev–Trinajstić information content (AvgIpc) is 2.70. The van der Waals surface area contributed by atoms with Gasteiger partial charge in [-0.2, -0.15) is 0 Å². The molecule has 1 aliphatic heterocycles. The van der Waals surface area contributed by atoms with Crippen molar-refractivity contribution in [1.82, 2.24) is 0 Å². The minimum Gasteiger partial charge on any atom is -0.495 e. The van der Waals surface area contributed by atoms with Crippen LogP contribution >= 0.6 is 0 Å². The Labute approximate surface area is 185 Å². The lowest BCUT2D eigenvalue weighted by Crippen LogP contribution is -2.64. The van der Waals surface area contributed by atoms with Gasteiger partial charge in [0, 0.05) is 27.7 Å². The fourth-order valence-electron chi connectivity index (χ4n) is 3.26. The monoisotopic (exact) mass is 453 g/mol. The first-order valence-corrected chi connectivity index (χ1v) is 9.82. The number of carbonyl (C=O) groups excluding carboxylic acids is 4. The number of methoxy groups -OCH3 is 1. The molecule has 0 aromatic heterocycles. The standard InChI is InChI=1S/C21H27NO10/c1-11(23)28-10-17-18(29-12(2)24)19(30-13(3)25)20(31-14(4)26)21(32-17)22-15-8-6-7-9-16(15)27-5/h6-9,17-22H,10H2,1-5H3/t17-,18+,19+,20-,21+/m1/s1. The molecule has 1 aromatic carbocycles. The lowest BCUT2D eigenvalue weighted by molar-refractivity contribution is -0.247. The highest BCUT2D eigenvalue weighted by Crippen LogP contribution is 2.32. The van der Waals surface area contributed by atoms with Crippen molar-refractivity contribution in [1.29, 1.82) is 0 Å². The van der Waals surface area contributed by atoms with E-state index >= 15 is 0 Å². The van der Waals surface area contributed by atoms with E-state index in [1.165, 1.54) is 21.0 Å².